The normalized spacial score (nSPS) is 19.5. The molecule has 2 nitrogen and oxygen atoms in total. The van der Waals surface area contributed by atoms with Crippen LogP contribution in [-0.4, -0.2) is 5.11 Å². The molecular formula is C13H15NO. The zero-order valence-corrected chi connectivity index (χ0v) is 8.74. The molecule has 0 amide bonds. The first-order chi connectivity index (χ1) is 7.24. The largest absolute Gasteiger partial charge is 0.385 e. The molecule has 1 N–H and O–H groups in total. The maximum Gasteiger partial charge on any atom is 0.0991 e. The topological polar surface area (TPSA) is 44.0 Å². The van der Waals surface area contributed by atoms with Gasteiger partial charge in [-0.25, -0.2) is 0 Å². The van der Waals surface area contributed by atoms with E-state index in [4.69, 9.17) is 5.26 Å². The average molecular weight is 201 g/mol. The Morgan fingerprint density at radius 3 is 2.60 bits per heavy atom. The van der Waals surface area contributed by atoms with Gasteiger partial charge in [-0.1, -0.05) is 31.4 Å². The Morgan fingerprint density at radius 2 is 1.93 bits per heavy atom. The number of hydrogen-bond acceptors (Lipinski definition) is 2. The maximum absolute atomic E-state index is 10.5. The van der Waals surface area contributed by atoms with Gasteiger partial charge in [-0.15, -0.1) is 0 Å². The van der Waals surface area contributed by atoms with Crippen molar-refractivity contribution in [3.63, 3.8) is 0 Å². The van der Waals surface area contributed by atoms with Crippen LogP contribution in [0.5, 0.6) is 0 Å². The molecule has 1 fully saturated rings. The van der Waals surface area contributed by atoms with Crippen molar-refractivity contribution in [2.24, 2.45) is 0 Å². The highest BCUT2D eigenvalue weighted by atomic mass is 16.3. The Kier molecular flexibility index (Phi) is 2.75. The van der Waals surface area contributed by atoms with E-state index in [0.29, 0.717) is 5.56 Å². The van der Waals surface area contributed by atoms with Gasteiger partial charge in [0.1, 0.15) is 0 Å². The Morgan fingerprint density at radius 1 is 1.20 bits per heavy atom. The van der Waals surface area contributed by atoms with Crippen molar-refractivity contribution in [3.8, 4) is 6.07 Å². The van der Waals surface area contributed by atoms with Gasteiger partial charge in [-0.05, 0) is 30.5 Å². The minimum absolute atomic E-state index is 0.631. The molecule has 0 bridgehead atoms. The standard InChI is InChI=1S/C13H15NO/c14-10-11-5-4-6-12(9-11)13(15)7-2-1-3-8-13/h4-6,9,15H,1-3,7-8H2. The maximum atomic E-state index is 10.5. The Hall–Kier alpha value is -1.33. The van der Waals surface area contributed by atoms with Crippen molar-refractivity contribution >= 4 is 0 Å². The molecule has 0 aromatic heterocycles. The lowest BCUT2D eigenvalue weighted by atomic mass is 9.79. The summed E-state index contributed by atoms with van der Waals surface area (Å²) in [5, 5.41) is 19.3. The van der Waals surface area contributed by atoms with E-state index in [9.17, 15) is 5.11 Å². The van der Waals surface area contributed by atoms with Gasteiger partial charge in [0, 0.05) is 0 Å². The molecule has 0 saturated heterocycles. The van der Waals surface area contributed by atoms with Crippen molar-refractivity contribution < 1.29 is 5.11 Å². The Bertz CT molecular complexity index is 386. The highest BCUT2D eigenvalue weighted by Crippen LogP contribution is 2.36. The predicted molar refractivity (Wildman–Crippen MR) is 58.1 cm³/mol. The zero-order chi connectivity index (χ0) is 10.7. The van der Waals surface area contributed by atoms with Crippen molar-refractivity contribution in [1.29, 1.82) is 5.26 Å². The summed E-state index contributed by atoms with van der Waals surface area (Å²) >= 11 is 0. The van der Waals surface area contributed by atoms with Crippen LogP contribution in [0.25, 0.3) is 0 Å². The average Bonchev–Trinajstić information content (AvgIpc) is 2.30. The highest BCUT2D eigenvalue weighted by Gasteiger charge is 2.30. The van der Waals surface area contributed by atoms with Crippen LogP contribution in [0.2, 0.25) is 0 Å². The van der Waals surface area contributed by atoms with E-state index in [1.165, 1.54) is 6.42 Å². The molecular weight excluding hydrogens is 186 g/mol. The van der Waals surface area contributed by atoms with E-state index in [1.807, 2.05) is 18.2 Å². The molecule has 1 aromatic carbocycles. The van der Waals surface area contributed by atoms with Crippen LogP contribution in [0.4, 0.5) is 0 Å². The fraction of sp³-hybridized carbons (Fsp3) is 0.462. The fourth-order valence-corrected chi connectivity index (χ4v) is 2.30. The van der Waals surface area contributed by atoms with Gasteiger partial charge < -0.3 is 5.11 Å². The summed E-state index contributed by atoms with van der Waals surface area (Å²) in [5.41, 5.74) is 0.846. The summed E-state index contributed by atoms with van der Waals surface area (Å²) in [6, 6.07) is 9.47. The first-order valence-electron chi connectivity index (χ1n) is 5.48. The number of nitrogens with zero attached hydrogens (tertiary/aromatic N) is 1. The van der Waals surface area contributed by atoms with Crippen molar-refractivity contribution in [2.75, 3.05) is 0 Å². The molecule has 0 unspecified atom stereocenters. The van der Waals surface area contributed by atoms with Crippen molar-refractivity contribution in [3.05, 3.63) is 35.4 Å². The molecule has 2 rings (SSSR count). The molecule has 1 saturated carbocycles. The van der Waals surface area contributed by atoms with Crippen LogP contribution >= 0.6 is 0 Å². The van der Waals surface area contributed by atoms with Gasteiger partial charge >= 0.3 is 0 Å². The van der Waals surface area contributed by atoms with E-state index in [2.05, 4.69) is 6.07 Å². The van der Waals surface area contributed by atoms with Crippen molar-refractivity contribution in [2.45, 2.75) is 37.7 Å². The second-order valence-electron chi connectivity index (χ2n) is 4.28. The monoisotopic (exact) mass is 201 g/mol. The van der Waals surface area contributed by atoms with E-state index >= 15 is 0 Å². The molecule has 0 heterocycles. The summed E-state index contributed by atoms with van der Waals surface area (Å²) in [4.78, 5) is 0. The molecule has 1 aromatic rings. The lowest BCUT2D eigenvalue weighted by Gasteiger charge is -2.32. The molecule has 0 aliphatic heterocycles. The quantitative estimate of drug-likeness (QED) is 0.759. The lowest BCUT2D eigenvalue weighted by molar-refractivity contribution is -0.000644. The molecule has 0 atom stereocenters. The SMILES string of the molecule is N#Cc1cccc(C2(O)CCCCC2)c1. The summed E-state index contributed by atoms with van der Waals surface area (Å²) in [5.74, 6) is 0. The molecule has 0 spiro atoms. The molecule has 1 aliphatic rings. The van der Waals surface area contributed by atoms with E-state index < -0.39 is 5.60 Å². The van der Waals surface area contributed by atoms with E-state index in [1.54, 1.807) is 6.07 Å². The summed E-state index contributed by atoms with van der Waals surface area (Å²) < 4.78 is 0. The first kappa shape index (κ1) is 10.2. The second-order valence-corrected chi connectivity index (χ2v) is 4.28. The zero-order valence-electron chi connectivity index (χ0n) is 8.74. The van der Waals surface area contributed by atoms with Crippen LogP contribution < -0.4 is 0 Å². The highest BCUT2D eigenvalue weighted by molar-refractivity contribution is 5.35. The smallest absolute Gasteiger partial charge is 0.0991 e. The van der Waals surface area contributed by atoms with Gasteiger partial charge in [-0.3, -0.25) is 0 Å². The van der Waals surface area contributed by atoms with E-state index in [0.717, 1.165) is 31.2 Å². The lowest BCUT2D eigenvalue weighted by Crippen LogP contribution is -2.28. The van der Waals surface area contributed by atoms with Gasteiger partial charge in [0.2, 0.25) is 0 Å². The minimum Gasteiger partial charge on any atom is -0.385 e. The third kappa shape index (κ3) is 2.03. The van der Waals surface area contributed by atoms with Crippen LogP contribution in [0.1, 0.15) is 43.2 Å². The molecule has 78 valence electrons. The second kappa shape index (κ2) is 4.04. The third-order valence-electron chi connectivity index (χ3n) is 3.21. The number of aliphatic hydroxyl groups is 1. The minimum atomic E-state index is -0.689. The fourth-order valence-electron chi connectivity index (χ4n) is 2.30. The van der Waals surface area contributed by atoms with Crippen LogP contribution in [0.3, 0.4) is 0 Å². The first-order valence-corrected chi connectivity index (χ1v) is 5.48. The third-order valence-corrected chi connectivity index (χ3v) is 3.21. The Balaban J connectivity index is 2.31. The number of rotatable bonds is 1. The number of benzene rings is 1. The summed E-state index contributed by atoms with van der Waals surface area (Å²) in [6.45, 7) is 0. The van der Waals surface area contributed by atoms with Gasteiger partial charge in [-0.2, -0.15) is 5.26 Å². The van der Waals surface area contributed by atoms with E-state index in [-0.39, 0.29) is 0 Å². The van der Waals surface area contributed by atoms with Crippen LogP contribution in [-0.2, 0) is 5.60 Å². The molecule has 0 radical (unpaired) electrons. The number of nitriles is 1. The van der Waals surface area contributed by atoms with Gasteiger partial charge in [0.25, 0.3) is 0 Å². The Labute approximate surface area is 90.2 Å². The molecule has 15 heavy (non-hydrogen) atoms. The van der Waals surface area contributed by atoms with Gasteiger partial charge in [0.15, 0.2) is 0 Å². The summed E-state index contributed by atoms with van der Waals surface area (Å²) in [6.07, 6.45) is 5.00. The van der Waals surface area contributed by atoms with Gasteiger partial charge in [0.05, 0.1) is 17.2 Å². The number of hydrogen-bond donors (Lipinski definition) is 1. The van der Waals surface area contributed by atoms with Crippen LogP contribution in [0, 0.1) is 11.3 Å². The molecule has 1 aliphatic carbocycles. The predicted octanol–water partition coefficient (Wildman–Crippen LogP) is 2.71. The summed E-state index contributed by atoms with van der Waals surface area (Å²) in [7, 11) is 0. The molecule has 2 heteroatoms. The van der Waals surface area contributed by atoms with Crippen molar-refractivity contribution in [1.82, 2.24) is 0 Å². The van der Waals surface area contributed by atoms with Crippen LogP contribution in [0.15, 0.2) is 24.3 Å².